The third-order valence-electron chi connectivity index (χ3n) is 3.42. The number of thiocarbonyl (C=S) groups is 1. The van der Waals surface area contributed by atoms with E-state index in [-0.39, 0.29) is 5.54 Å². The normalized spacial score (nSPS) is 11.7. The van der Waals surface area contributed by atoms with Crippen molar-refractivity contribution >= 4 is 28.2 Å². The molecule has 0 radical (unpaired) electrons. The highest BCUT2D eigenvalue weighted by molar-refractivity contribution is 7.80. The van der Waals surface area contributed by atoms with E-state index in [4.69, 9.17) is 12.2 Å². The van der Waals surface area contributed by atoms with Crippen LogP contribution in [0.15, 0.2) is 18.2 Å². The zero-order valence-corrected chi connectivity index (χ0v) is 14.4. The quantitative estimate of drug-likeness (QED) is 0.759. The number of aromatic amines is 1. The fourth-order valence-electron chi connectivity index (χ4n) is 2.50. The molecule has 114 valence electrons. The summed E-state index contributed by atoms with van der Waals surface area (Å²) in [5.74, 6) is 0. The number of aryl methyl sites for hydroxylation is 2. The fraction of sp³-hybridized carbons (Fsp3) is 0.471. The Balaban J connectivity index is 2.02. The van der Waals surface area contributed by atoms with E-state index in [2.05, 4.69) is 68.4 Å². The van der Waals surface area contributed by atoms with Crippen molar-refractivity contribution in [1.29, 1.82) is 0 Å². The van der Waals surface area contributed by atoms with Crippen molar-refractivity contribution in [2.45, 2.75) is 46.6 Å². The highest BCUT2D eigenvalue weighted by atomic mass is 32.1. The summed E-state index contributed by atoms with van der Waals surface area (Å²) >= 11 is 5.32. The lowest BCUT2D eigenvalue weighted by Crippen LogP contribution is -2.46. The Morgan fingerprint density at radius 2 is 1.95 bits per heavy atom. The first-order chi connectivity index (χ1) is 9.76. The first-order valence-corrected chi connectivity index (χ1v) is 7.81. The Morgan fingerprint density at radius 1 is 1.24 bits per heavy atom. The maximum absolute atomic E-state index is 5.32. The molecule has 0 fully saturated rings. The molecule has 1 aromatic carbocycles. The smallest absolute Gasteiger partial charge is 0.166 e. The zero-order valence-electron chi connectivity index (χ0n) is 13.6. The molecule has 2 aromatic rings. The standard InChI is InChI=1S/C17H25N3S/c1-11-6-7-15-14(10-11)13(12(2)19-15)8-9-18-16(21)20-17(3,4)5/h6-7,10,19H,8-9H2,1-5H3,(H2,18,20,21). The van der Waals surface area contributed by atoms with E-state index in [9.17, 15) is 0 Å². The van der Waals surface area contributed by atoms with Crippen molar-refractivity contribution in [3.05, 3.63) is 35.0 Å². The summed E-state index contributed by atoms with van der Waals surface area (Å²) in [5, 5.41) is 8.60. The molecule has 0 aliphatic carbocycles. The van der Waals surface area contributed by atoms with Gasteiger partial charge in [-0.3, -0.25) is 0 Å². The number of fused-ring (bicyclic) bond motifs is 1. The number of rotatable bonds is 3. The average Bonchev–Trinajstić information content (AvgIpc) is 2.63. The van der Waals surface area contributed by atoms with E-state index < -0.39 is 0 Å². The maximum Gasteiger partial charge on any atom is 0.166 e. The van der Waals surface area contributed by atoms with Gasteiger partial charge in [0, 0.05) is 28.7 Å². The number of H-pyrrole nitrogens is 1. The Bertz CT molecular complexity index is 650. The first-order valence-electron chi connectivity index (χ1n) is 7.40. The van der Waals surface area contributed by atoms with Crippen LogP contribution < -0.4 is 10.6 Å². The molecule has 0 aliphatic heterocycles. The minimum Gasteiger partial charge on any atom is -0.362 e. The van der Waals surface area contributed by atoms with Gasteiger partial charge in [-0.05, 0) is 71.0 Å². The molecule has 0 aliphatic rings. The molecular weight excluding hydrogens is 278 g/mol. The van der Waals surface area contributed by atoms with Gasteiger partial charge in [0.2, 0.25) is 0 Å². The predicted octanol–water partition coefficient (Wildman–Crippen LogP) is 3.59. The van der Waals surface area contributed by atoms with Gasteiger partial charge in [-0.1, -0.05) is 11.6 Å². The summed E-state index contributed by atoms with van der Waals surface area (Å²) in [4.78, 5) is 3.45. The second-order valence-corrected chi connectivity index (χ2v) is 7.07. The van der Waals surface area contributed by atoms with E-state index in [1.807, 2.05) is 0 Å². The van der Waals surface area contributed by atoms with Gasteiger partial charge in [-0.25, -0.2) is 0 Å². The van der Waals surface area contributed by atoms with Crippen molar-refractivity contribution in [3.8, 4) is 0 Å². The molecule has 0 amide bonds. The highest BCUT2D eigenvalue weighted by Gasteiger charge is 2.11. The average molecular weight is 303 g/mol. The summed E-state index contributed by atoms with van der Waals surface area (Å²) in [6, 6.07) is 6.54. The SMILES string of the molecule is Cc1ccc2[nH]c(C)c(CCNC(=S)NC(C)(C)C)c2c1. The molecule has 0 atom stereocenters. The molecule has 0 spiro atoms. The van der Waals surface area contributed by atoms with Crippen LogP contribution in [0.5, 0.6) is 0 Å². The van der Waals surface area contributed by atoms with Crippen LogP contribution in [0.25, 0.3) is 10.9 Å². The minimum absolute atomic E-state index is 0.00209. The van der Waals surface area contributed by atoms with Crippen LogP contribution in [0.4, 0.5) is 0 Å². The van der Waals surface area contributed by atoms with Gasteiger partial charge in [-0.2, -0.15) is 0 Å². The number of hydrogen-bond donors (Lipinski definition) is 3. The van der Waals surface area contributed by atoms with Gasteiger partial charge < -0.3 is 15.6 Å². The summed E-state index contributed by atoms with van der Waals surface area (Å²) in [7, 11) is 0. The van der Waals surface area contributed by atoms with Crippen molar-refractivity contribution < 1.29 is 0 Å². The Labute approximate surface area is 132 Å². The Morgan fingerprint density at radius 3 is 2.62 bits per heavy atom. The molecule has 0 saturated heterocycles. The number of benzene rings is 1. The van der Waals surface area contributed by atoms with Crippen molar-refractivity contribution in [3.63, 3.8) is 0 Å². The molecule has 0 saturated carbocycles. The molecule has 3 N–H and O–H groups in total. The fourth-order valence-corrected chi connectivity index (χ4v) is 2.91. The summed E-state index contributed by atoms with van der Waals surface area (Å²) in [6.45, 7) is 11.4. The first kappa shape index (κ1) is 15.8. The third kappa shape index (κ3) is 4.21. The van der Waals surface area contributed by atoms with E-state index in [1.165, 1.54) is 27.7 Å². The van der Waals surface area contributed by atoms with Gasteiger partial charge >= 0.3 is 0 Å². The summed E-state index contributed by atoms with van der Waals surface area (Å²) < 4.78 is 0. The topological polar surface area (TPSA) is 39.9 Å². The van der Waals surface area contributed by atoms with Crippen LogP contribution >= 0.6 is 12.2 Å². The van der Waals surface area contributed by atoms with Crippen molar-refractivity contribution in [2.75, 3.05) is 6.54 Å². The van der Waals surface area contributed by atoms with Crippen molar-refractivity contribution in [1.82, 2.24) is 15.6 Å². The molecule has 3 nitrogen and oxygen atoms in total. The molecule has 0 bridgehead atoms. The second kappa shape index (κ2) is 6.06. The second-order valence-electron chi connectivity index (χ2n) is 6.66. The lowest BCUT2D eigenvalue weighted by atomic mass is 10.1. The van der Waals surface area contributed by atoms with Gasteiger partial charge in [0.15, 0.2) is 5.11 Å². The molecular formula is C17H25N3S. The van der Waals surface area contributed by atoms with Crippen molar-refractivity contribution in [2.24, 2.45) is 0 Å². The van der Waals surface area contributed by atoms with Gasteiger partial charge in [0.25, 0.3) is 0 Å². The Hall–Kier alpha value is -1.55. The monoisotopic (exact) mass is 303 g/mol. The van der Waals surface area contributed by atoms with Crippen LogP contribution in [0.3, 0.4) is 0 Å². The lowest BCUT2D eigenvalue weighted by molar-refractivity contribution is 0.507. The molecule has 0 unspecified atom stereocenters. The van der Waals surface area contributed by atoms with Gasteiger partial charge in [-0.15, -0.1) is 0 Å². The summed E-state index contributed by atoms with van der Waals surface area (Å²) in [5.41, 5.74) is 5.12. The number of nitrogens with one attached hydrogen (secondary N) is 3. The van der Waals surface area contributed by atoms with E-state index in [0.29, 0.717) is 0 Å². The molecule has 2 rings (SSSR count). The largest absolute Gasteiger partial charge is 0.362 e. The van der Waals surface area contributed by atoms with Gasteiger partial charge in [0.1, 0.15) is 0 Å². The molecule has 1 heterocycles. The van der Waals surface area contributed by atoms with Crippen LogP contribution in [-0.4, -0.2) is 22.2 Å². The predicted molar refractivity (Wildman–Crippen MR) is 95.0 cm³/mol. The Kier molecular flexibility index (Phi) is 4.57. The van der Waals surface area contributed by atoms with E-state index >= 15 is 0 Å². The molecule has 1 aromatic heterocycles. The lowest BCUT2D eigenvalue weighted by Gasteiger charge is -2.23. The zero-order chi connectivity index (χ0) is 15.6. The maximum atomic E-state index is 5.32. The van der Waals surface area contributed by atoms with Crippen LogP contribution in [0.2, 0.25) is 0 Å². The summed E-state index contributed by atoms with van der Waals surface area (Å²) in [6.07, 6.45) is 0.960. The van der Waals surface area contributed by atoms with Crippen LogP contribution in [0.1, 0.15) is 37.6 Å². The number of aromatic nitrogens is 1. The minimum atomic E-state index is -0.00209. The van der Waals surface area contributed by atoms with Gasteiger partial charge in [0.05, 0.1) is 0 Å². The highest BCUT2D eigenvalue weighted by Crippen LogP contribution is 2.23. The van der Waals surface area contributed by atoms with Crippen LogP contribution in [0, 0.1) is 13.8 Å². The van der Waals surface area contributed by atoms with Crippen LogP contribution in [-0.2, 0) is 6.42 Å². The molecule has 4 heteroatoms. The third-order valence-corrected chi connectivity index (χ3v) is 3.67. The van der Waals surface area contributed by atoms with E-state index in [1.54, 1.807) is 0 Å². The van der Waals surface area contributed by atoms with E-state index in [0.717, 1.165) is 18.1 Å². The number of hydrogen-bond acceptors (Lipinski definition) is 1. The molecule has 21 heavy (non-hydrogen) atoms.